The maximum atomic E-state index is 10.6. The molecule has 1 fully saturated rings. The van der Waals surface area contributed by atoms with Gasteiger partial charge in [-0.2, -0.15) is 0 Å². The van der Waals surface area contributed by atoms with E-state index in [1.807, 2.05) is 0 Å². The van der Waals surface area contributed by atoms with Gasteiger partial charge in [0.2, 0.25) is 0 Å². The molecular weight excluding hydrogens is 196 g/mol. The largest absolute Gasteiger partial charge is 0.465 e. The van der Waals surface area contributed by atoms with Crippen molar-refractivity contribution in [1.82, 2.24) is 4.90 Å². The number of nitrogens with two attached hydrogens (primary N) is 1. The Morgan fingerprint density at radius 2 is 2.31 bits per heavy atom. The van der Waals surface area contributed by atoms with Crippen LogP contribution in [0.3, 0.4) is 0 Å². The third kappa shape index (κ3) is 3.02. The normalized spacial score (nSPS) is 28.0. The highest BCUT2D eigenvalue weighted by molar-refractivity contribution is 5.85. The maximum absolute atomic E-state index is 10.6. The van der Waals surface area contributed by atoms with E-state index in [-0.39, 0.29) is 24.6 Å². The molecule has 0 aromatic rings. The van der Waals surface area contributed by atoms with E-state index in [0.717, 1.165) is 0 Å². The summed E-state index contributed by atoms with van der Waals surface area (Å²) in [6.45, 7) is 0.892. The summed E-state index contributed by atoms with van der Waals surface area (Å²) in [5.74, 6) is 0. The van der Waals surface area contributed by atoms with Crippen molar-refractivity contribution in [3.05, 3.63) is 0 Å². The first-order valence-corrected chi connectivity index (χ1v) is 3.91. The van der Waals surface area contributed by atoms with Gasteiger partial charge in [-0.25, -0.2) is 4.79 Å². The fraction of sp³-hybridized carbons (Fsp3) is 0.857. The molecule has 2 unspecified atom stereocenters. The second-order valence-electron chi connectivity index (χ2n) is 2.96. The van der Waals surface area contributed by atoms with Crippen molar-refractivity contribution < 1.29 is 14.6 Å². The first kappa shape index (κ1) is 12.5. The van der Waals surface area contributed by atoms with Gasteiger partial charge in [-0.15, -0.1) is 12.4 Å². The van der Waals surface area contributed by atoms with E-state index in [9.17, 15) is 4.79 Å². The Kier molecular flexibility index (Phi) is 5.05. The molecule has 13 heavy (non-hydrogen) atoms. The second kappa shape index (κ2) is 5.26. The summed E-state index contributed by atoms with van der Waals surface area (Å²) < 4.78 is 5.05. The third-order valence-corrected chi connectivity index (χ3v) is 2.18. The molecule has 78 valence electrons. The maximum Gasteiger partial charge on any atom is 0.407 e. The molecule has 1 rings (SSSR count). The molecule has 1 heterocycles. The molecule has 1 saturated heterocycles. The van der Waals surface area contributed by atoms with Crippen LogP contribution in [-0.2, 0) is 4.74 Å². The van der Waals surface area contributed by atoms with E-state index >= 15 is 0 Å². The van der Waals surface area contributed by atoms with Crippen LogP contribution in [0.4, 0.5) is 4.79 Å². The number of likely N-dealkylation sites (tertiary alicyclic amines) is 1. The predicted octanol–water partition coefficient (Wildman–Crippen LogP) is 0.134. The zero-order valence-corrected chi connectivity index (χ0v) is 8.29. The Balaban J connectivity index is 0.00000144. The number of nitrogens with zero attached hydrogens (tertiary/aromatic N) is 1. The predicted molar refractivity (Wildman–Crippen MR) is 50.2 cm³/mol. The van der Waals surface area contributed by atoms with E-state index in [1.165, 1.54) is 4.90 Å². The lowest BCUT2D eigenvalue weighted by atomic mass is 10.0. The van der Waals surface area contributed by atoms with Gasteiger partial charge in [0, 0.05) is 19.7 Å². The number of halogens is 1. The Morgan fingerprint density at radius 1 is 1.69 bits per heavy atom. The van der Waals surface area contributed by atoms with Crippen LogP contribution in [0.5, 0.6) is 0 Å². The van der Waals surface area contributed by atoms with Gasteiger partial charge in [-0.05, 0) is 6.42 Å². The van der Waals surface area contributed by atoms with Crippen molar-refractivity contribution in [1.29, 1.82) is 0 Å². The van der Waals surface area contributed by atoms with Gasteiger partial charge in [0.25, 0.3) is 0 Å². The van der Waals surface area contributed by atoms with Crippen LogP contribution in [0, 0.1) is 0 Å². The van der Waals surface area contributed by atoms with Crippen LogP contribution in [0.2, 0.25) is 0 Å². The Morgan fingerprint density at radius 3 is 2.77 bits per heavy atom. The molecule has 0 saturated carbocycles. The quantitative estimate of drug-likeness (QED) is 0.645. The topological polar surface area (TPSA) is 75.8 Å². The van der Waals surface area contributed by atoms with Crippen molar-refractivity contribution in [2.45, 2.75) is 18.6 Å². The minimum atomic E-state index is -0.899. The van der Waals surface area contributed by atoms with Crippen molar-refractivity contribution in [2.24, 2.45) is 5.73 Å². The molecular formula is C7H15ClN2O3. The first-order valence-electron chi connectivity index (χ1n) is 3.91. The number of hydrogen-bond donors (Lipinski definition) is 2. The smallest absolute Gasteiger partial charge is 0.407 e. The molecule has 0 radical (unpaired) electrons. The number of rotatable bonds is 1. The van der Waals surface area contributed by atoms with Crippen LogP contribution in [-0.4, -0.2) is 48.4 Å². The minimum Gasteiger partial charge on any atom is -0.465 e. The summed E-state index contributed by atoms with van der Waals surface area (Å²) in [7, 11) is 1.55. The zero-order valence-electron chi connectivity index (χ0n) is 7.47. The number of carbonyl (C=O) groups is 1. The average Bonchev–Trinajstić information content (AvgIpc) is 2.05. The molecule has 6 heteroatoms. The van der Waals surface area contributed by atoms with Gasteiger partial charge in [0.1, 0.15) is 0 Å². The first-order chi connectivity index (χ1) is 5.65. The number of amides is 1. The monoisotopic (exact) mass is 210 g/mol. The zero-order chi connectivity index (χ0) is 9.14. The van der Waals surface area contributed by atoms with E-state index in [0.29, 0.717) is 19.5 Å². The molecule has 5 nitrogen and oxygen atoms in total. The third-order valence-electron chi connectivity index (χ3n) is 2.18. The molecule has 0 aromatic carbocycles. The molecule has 1 aliphatic rings. The number of hydrogen-bond acceptors (Lipinski definition) is 3. The molecule has 1 amide bonds. The molecule has 1 aliphatic heterocycles. The van der Waals surface area contributed by atoms with Crippen LogP contribution < -0.4 is 5.73 Å². The summed E-state index contributed by atoms with van der Waals surface area (Å²) in [6.07, 6.45) is -0.385. The molecule has 0 aliphatic carbocycles. The number of ether oxygens (including phenoxy) is 1. The highest BCUT2D eigenvalue weighted by Crippen LogP contribution is 2.11. The van der Waals surface area contributed by atoms with Crippen LogP contribution in [0.25, 0.3) is 0 Å². The van der Waals surface area contributed by atoms with Crippen LogP contribution in [0.1, 0.15) is 6.42 Å². The molecule has 3 N–H and O–H groups in total. The standard InChI is InChI=1S/C7H14N2O3.ClH/c1-12-6-4-9(7(10)11)3-2-5(6)8;/h5-6H,2-4,8H2,1H3,(H,10,11);1H. The molecule has 0 spiro atoms. The summed E-state index contributed by atoms with van der Waals surface area (Å²) >= 11 is 0. The summed E-state index contributed by atoms with van der Waals surface area (Å²) in [5.41, 5.74) is 5.71. The average molecular weight is 211 g/mol. The summed E-state index contributed by atoms with van der Waals surface area (Å²) in [6, 6.07) is -0.0365. The number of methoxy groups -OCH3 is 1. The molecule has 2 atom stereocenters. The number of carboxylic acid groups (broad SMARTS) is 1. The van der Waals surface area contributed by atoms with Gasteiger partial charge in [0.15, 0.2) is 0 Å². The van der Waals surface area contributed by atoms with Crippen molar-refractivity contribution in [2.75, 3.05) is 20.2 Å². The molecule has 0 bridgehead atoms. The van der Waals surface area contributed by atoms with Gasteiger partial charge in [-0.3, -0.25) is 0 Å². The van der Waals surface area contributed by atoms with Crippen molar-refractivity contribution >= 4 is 18.5 Å². The minimum absolute atomic E-state index is 0. The second-order valence-corrected chi connectivity index (χ2v) is 2.96. The van der Waals surface area contributed by atoms with Gasteiger partial charge in [0.05, 0.1) is 12.6 Å². The lowest BCUT2D eigenvalue weighted by Crippen LogP contribution is -2.52. The Labute approximate surface area is 83.2 Å². The van der Waals surface area contributed by atoms with E-state index in [1.54, 1.807) is 7.11 Å². The Bertz CT molecular complexity index is 179. The Hall–Kier alpha value is -0.520. The SMILES string of the molecule is COC1CN(C(=O)O)CCC1N.Cl. The van der Waals surface area contributed by atoms with E-state index < -0.39 is 6.09 Å². The van der Waals surface area contributed by atoms with Gasteiger partial charge < -0.3 is 20.5 Å². The van der Waals surface area contributed by atoms with Crippen LogP contribution in [0.15, 0.2) is 0 Å². The highest BCUT2D eigenvalue weighted by Gasteiger charge is 2.28. The lowest BCUT2D eigenvalue weighted by Gasteiger charge is -2.34. The summed E-state index contributed by atoms with van der Waals surface area (Å²) in [5, 5.41) is 8.67. The van der Waals surface area contributed by atoms with Crippen LogP contribution >= 0.6 is 12.4 Å². The van der Waals surface area contributed by atoms with E-state index in [4.69, 9.17) is 15.6 Å². The highest BCUT2D eigenvalue weighted by atomic mass is 35.5. The van der Waals surface area contributed by atoms with Gasteiger partial charge in [-0.1, -0.05) is 0 Å². The molecule has 0 aromatic heterocycles. The number of piperidine rings is 1. The van der Waals surface area contributed by atoms with Crippen molar-refractivity contribution in [3.63, 3.8) is 0 Å². The fourth-order valence-corrected chi connectivity index (χ4v) is 1.36. The lowest BCUT2D eigenvalue weighted by molar-refractivity contribution is 0.0199. The van der Waals surface area contributed by atoms with Gasteiger partial charge >= 0.3 is 6.09 Å². The van der Waals surface area contributed by atoms with Crippen molar-refractivity contribution in [3.8, 4) is 0 Å². The fourth-order valence-electron chi connectivity index (χ4n) is 1.36. The van der Waals surface area contributed by atoms with E-state index in [2.05, 4.69) is 0 Å². The summed E-state index contributed by atoms with van der Waals surface area (Å²) in [4.78, 5) is 11.9.